The molecule has 1 aliphatic heterocycles. The van der Waals surface area contributed by atoms with Crippen LogP contribution in [0.3, 0.4) is 0 Å². The van der Waals surface area contributed by atoms with Gasteiger partial charge in [0.05, 0.1) is 5.69 Å². The summed E-state index contributed by atoms with van der Waals surface area (Å²) >= 11 is 5.58. The Morgan fingerprint density at radius 3 is 2.60 bits per heavy atom. The highest BCUT2D eigenvalue weighted by Gasteiger charge is 2.62. The van der Waals surface area contributed by atoms with Crippen molar-refractivity contribution in [3.8, 4) is 0 Å². The lowest BCUT2D eigenvalue weighted by Gasteiger charge is -2.39. The molecule has 0 saturated heterocycles. The minimum absolute atomic E-state index is 0.143. The predicted molar refractivity (Wildman–Crippen MR) is 68.8 cm³/mol. The third kappa shape index (κ3) is 2.32. The second-order valence-corrected chi connectivity index (χ2v) is 5.02. The molecule has 1 heterocycles. The Labute approximate surface area is 119 Å². The third-order valence-electron chi connectivity index (χ3n) is 3.09. The van der Waals surface area contributed by atoms with E-state index in [-0.39, 0.29) is 17.8 Å². The number of benzene rings is 1. The van der Waals surface area contributed by atoms with Crippen molar-refractivity contribution in [3.63, 3.8) is 0 Å². The third-order valence-corrected chi connectivity index (χ3v) is 3.58. The zero-order valence-corrected chi connectivity index (χ0v) is 11.5. The molecular formula is C13H13ClF3NO2. The highest BCUT2D eigenvalue weighted by molar-refractivity contribution is 6.25. The van der Waals surface area contributed by atoms with Crippen LogP contribution >= 0.6 is 11.6 Å². The molecule has 0 bridgehead atoms. The molecule has 20 heavy (non-hydrogen) atoms. The number of halogens is 4. The highest BCUT2D eigenvalue weighted by Crippen LogP contribution is 2.51. The van der Waals surface area contributed by atoms with Crippen LogP contribution in [0.4, 0.5) is 23.7 Å². The molecule has 0 saturated carbocycles. The Hall–Kier alpha value is -1.43. The van der Waals surface area contributed by atoms with Gasteiger partial charge < -0.3 is 4.74 Å². The molecule has 1 aromatic rings. The van der Waals surface area contributed by atoms with Gasteiger partial charge in [-0.25, -0.2) is 4.79 Å². The van der Waals surface area contributed by atoms with Crippen molar-refractivity contribution >= 4 is 23.4 Å². The fourth-order valence-corrected chi connectivity index (χ4v) is 2.27. The van der Waals surface area contributed by atoms with Crippen LogP contribution < -0.4 is 4.90 Å². The maximum atomic E-state index is 13.1. The first-order chi connectivity index (χ1) is 9.31. The molecule has 0 fully saturated rings. The van der Waals surface area contributed by atoms with Gasteiger partial charge in [0.25, 0.3) is 0 Å². The van der Waals surface area contributed by atoms with Gasteiger partial charge >= 0.3 is 17.3 Å². The molecule has 0 spiro atoms. The minimum Gasteiger partial charge on any atom is -0.412 e. The number of para-hydroxylation sites is 1. The fourth-order valence-electron chi connectivity index (χ4n) is 2.05. The Morgan fingerprint density at radius 2 is 2.00 bits per heavy atom. The summed E-state index contributed by atoms with van der Waals surface area (Å²) in [5, 5.41) is -3.12. The van der Waals surface area contributed by atoms with E-state index in [1.165, 1.54) is 23.1 Å². The molecule has 0 aromatic heterocycles. The number of anilines is 1. The zero-order chi connectivity index (χ0) is 15.0. The molecule has 0 aliphatic carbocycles. The molecule has 0 radical (unpaired) electrons. The van der Waals surface area contributed by atoms with Crippen molar-refractivity contribution < 1.29 is 22.7 Å². The number of fused-ring (bicyclic) bond motifs is 1. The predicted octanol–water partition coefficient (Wildman–Crippen LogP) is 4.40. The van der Waals surface area contributed by atoms with E-state index in [9.17, 15) is 18.0 Å². The maximum absolute atomic E-state index is 13.1. The van der Waals surface area contributed by atoms with Crippen molar-refractivity contribution in [1.29, 1.82) is 0 Å². The van der Waals surface area contributed by atoms with E-state index in [1.807, 2.05) is 6.92 Å². The fraction of sp³-hybridized carbons (Fsp3) is 0.462. The lowest BCUT2D eigenvalue weighted by Crippen LogP contribution is -2.50. The second-order valence-electron chi connectivity index (χ2n) is 4.48. The van der Waals surface area contributed by atoms with E-state index < -0.39 is 17.3 Å². The summed E-state index contributed by atoms with van der Waals surface area (Å²) in [6.45, 7) is 2.21. The normalized spacial score (nSPS) is 22.4. The number of carbonyl (C=O) groups is 1. The summed E-state index contributed by atoms with van der Waals surface area (Å²) in [6, 6.07) is 5.65. The number of amides is 1. The summed E-state index contributed by atoms with van der Waals surface area (Å²) in [6.07, 6.45) is -4.51. The molecule has 1 aromatic carbocycles. The van der Waals surface area contributed by atoms with E-state index in [4.69, 9.17) is 11.6 Å². The standard InChI is InChI=1S/C13H13ClF3NO2/c1-2-3-8-18-10-7-5-4-6-9(10)12(14,13(15,16)17)20-11(18)19/h4-7H,2-3,8H2,1H3. The summed E-state index contributed by atoms with van der Waals surface area (Å²) in [7, 11) is 0. The lowest BCUT2D eigenvalue weighted by atomic mass is 10.0. The SMILES string of the molecule is CCCCN1C(=O)OC(Cl)(C(F)(F)F)c2ccccc21. The van der Waals surface area contributed by atoms with Crippen LogP contribution in [0, 0.1) is 0 Å². The molecule has 2 rings (SSSR count). The molecule has 1 unspecified atom stereocenters. The Bertz CT molecular complexity index is 521. The van der Waals surface area contributed by atoms with Gasteiger partial charge in [0, 0.05) is 12.1 Å². The monoisotopic (exact) mass is 307 g/mol. The van der Waals surface area contributed by atoms with Gasteiger partial charge in [0.15, 0.2) is 0 Å². The number of nitrogens with zero attached hydrogens (tertiary/aromatic N) is 1. The van der Waals surface area contributed by atoms with Gasteiger partial charge in [-0.3, -0.25) is 4.90 Å². The zero-order valence-electron chi connectivity index (χ0n) is 10.7. The molecule has 7 heteroatoms. The van der Waals surface area contributed by atoms with Crippen LogP contribution in [-0.2, 0) is 9.80 Å². The van der Waals surface area contributed by atoms with Crippen LogP contribution in [0.2, 0.25) is 0 Å². The number of cyclic esters (lactones) is 1. The van der Waals surface area contributed by atoms with Crippen LogP contribution in [-0.4, -0.2) is 18.8 Å². The van der Waals surface area contributed by atoms with Gasteiger partial charge in [-0.1, -0.05) is 43.1 Å². The summed E-state index contributed by atoms with van der Waals surface area (Å²) < 4.78 is 43.9. The van der Waals surface area contributed by atoms with Crippen LogP contribution in [0.25, 0.3) is 0 Å². The minimum atomic E-state index is -4.89. The van der Waals surface area contributed by atoms with Crippen molar-refractivity contribution in [2.45, 2.75) is 31.0 Å². The van der Waals surface area contributed by atoms with Gasteiger partial charge in [0.1, 0.15) is 0 Å². The topological polar surface area (TPSA) is 29.5 Å². The first kappa shape index (κ1) is 15.0. The number of ether oxygens (including phenoxy) is 1. The maximum Gasteiger partial charge on any atom is 0.448 e. The molecule has 110 valence electrons. The van der Waals surface area contributed by atoms with Crippen LogP contribution in [0.1, 0.15) is 25.3 Å². The average Bonchev–Trinajstić information content (AvgIpc) is 2.37. The number of rotatable bonds is 3. The average molecular weight is 308 g/mol. The number of alkyl halides is 4. The van der Waals surface area contributed by atoms with E-state index in [2.05, 4.69) is 4.74 Å². The van der Waals surface area contributed by atoms with Crippen LogP contribution in [0.5, 0.6) is 0 Å². The van der Waals surface area contributed by atoms with Gasteiger partial charge in [-0.2, -0.15) is 13.2 Å². The van der Waals surface area contributed by atoms with E-state index in [0.717, 1.165) is 6.42 Å². The van der Waals surface area contributed by atoms with Crippen LogP contribution in [0.15, 0.2) is 24.3 Å². The van der Waals surface area contributed by atoms with E-state index >= 15 is 0 Å². The number of hydrogen-bond acceptors (Lipinski definition) is 2. The van der Waals surface area contributed by atoms with Crippen molar-refractivity contribution in [1.82, 2.24) is 0 Å². The molecule has 1 amide bonds. The first-order valence-electron chi connectivity index (χ1n) is 6.17. The molecular weight excluding hydrogens is 295 g/mol. The van der Waals surface area contributed by atoms with Gasteiger partial charge in [0.2, 0.25) is 0 Å². The first-order valence-corrected chi connectivity index (χ1v) is 6.54. The Morgan fingerprint density at radius 1 is 1.35 bits per heavy atom. The van der Waals surface area contributed by atoms with Gasteiger partial charge in [-0.15, -0.1) is 0 Å². The number of hydrogen-bond donors (Lipinski definition) is 0. The molecule has 1 aliphatic rings. The van der Waals surface area contributed by atoms with E-state index in [0.29, 0.717) is 6.42 Å². The number of unbranched alkanes of at least 4 members (excludes halogenated alkanes) is 1. The lowest BCUT2D eigenvalue weighted by molar-refractivity contribution is -0.228. The van der Waals surface area contributed by atoms with Crippen molar-refractivity contribution in [2.24, 2.45) is 0 Å². The molecule has 3 nitrogen and oxygen atoms in total. The Kier molecular flexibility index (Phi) is 3.86. The van der Waals surface area contributed by atoms with E-state index in [1.54, 1.807) is 6.07 Å². The highest BCUT2D eigenvalue weighted by atomic mass is 35.5. The van der Waals surface area contributed by atoms with Crippen molar-refractivity contribution in [2.75, 3.05) is 11.4 Å². The molecule has 1 atom stereocenters. The smallest absolute Gasteiger partial charge is 0.412 e. The van der Waals surface area contributed by atoms with Crippen molar-refractivity contribution in [3.05, 3.63) is 29.8 Å². The summed E-state index contributed by atoms with van der Waals surface area (Å²) in [5.74, 6) is 0. The second kappa shape index (κ2) is 5.16. The quantitative estimate of drug-likeness (QED) is 0.775. The van der Waals surface area contributed by atoms with Gasteiger partial charge in [-0.05, 0) is 12.5 Å². The molecule has 0 N–H and O–H groups in total. The largest absolute Gasteiger partial charge is 0.448 e. The number of carbonyl (C=O) groups excluding carboxylic acids is 1. The summed E-state index contributed by atoms with van der Waals surface area (Å²) in [4.78, 5) is 13.0. The Balaban J connectivity index is 2.51. The summed E-state index contributed by atoms with van der Waals surface area (Å²) in [5.41, 5.74) is -0.116.